The zero-order valence-corrected chi connectivity index (χ0v) is 8.77. The van der Waals surface area contributed by atoms with Crippen LogP contribution in [0.25, 0.3) is 5.53 Å². The highest BCUT2D eigenvalue weighted by Gasteiger charge is 1.98. The molecule has 0 atom stereocenters. The highest BCUT2D eigenvalue weighted by Crippen LogP contribution is 2.15. The minimum atomic E-state index is 0.586. The lowest BCUT2D eigenvalue weighted by molar-refractivity contribution is 0.000933. The predicted molar refractivity (Wildman–Crippen MR) is 58.5 cm³/mol. The van der Waals surface area contributed by atoms with Crippen molar-refractivity contribution in [3.8, 4) is 0 Å². The Hall–Kier alpha value is -1.40. The smallest absolute Gasteiger partial charge is 0.257 e. The van der Waals surface area contributed by atoms with Crippen LogP contribution in [0.3, 0.4) is 0 Å². The normalized spacial score (nSPS) is 9.93. The van der Waals surface area contributed by atoms with Gasteiger partial charge < -0.3 is 5.53 Å². The molecule has 0 amide bonds. The van der Waals surface area contributed by atoms with Crippen molar-refractivity contribution in [1.82, 2.24) is 0 Å². The van der Waals surface area contributed by atoms with Crippen molar-refractivity contribution in [2.75, 3.05) is 0 Å². The molecule has 0 saturated carbocycles. The van der Waals surface area contributed by atoms with E-state index in [1.54, 1.807) is 0 Å². The fraction of sp³-hybridized carbons (Fsp3) is 0.417. The molecule has 0 radical (unpaired) electrons. The number of rotatable bonds is 4. The molecule has 0 aliphatic carbocycles. The summed E-state index contributed by atoms with van der Waals surface area (Å²) in [6, 6.07) is 8.60. The largest absolute Gasteiger partial charge is 0.362 e. The quantitative estimate of drug-likeness (QED) is 0.395. The van der Waals surface area contributed by atoms with Crippen molar-refractivity contribution in [3.63, 3.8) is 0 Å². The molecule has 0 unspecified atom stereocenters. The Morgan fingerprint density at radius 2 is 1.93 bits per heavy atom. The minimum Gasteiger partial charge on any atom is -0.362 e. The first kappa shape index (κ1) is 10.7. The van der Waals surface area contributed by atoms with E-state index in [2.05, 4.69) is 42.9 Å². The first-order valence-electron chi connectivity index (χ1n) is 4.98. The number of benzene rings is 1. The summed E-state index contributed by atoms with van der Waals surface area (Å²) in [7, 11) is 0. The van der Waals surface area contributed by atoms with Gasteiger partial charge in [-0.1, -0.05) is 38.1 Å². The molecule has 14 heavy (non-hydrogen) atoms. The molecule has 74 valence electrons. The zero-order valence-electron chi connectivity index (χ0n) is 8.77. The van der Waals surface area contributed by atoms with E-state index >= 15 is 0 Å². The summed E-state index contributed by atoms with van der Waals surface area (Å²) in [5.41, 5.74) is 10.9. The van der Waals surface area contributed by atoms with E-state index in [0.717, 1.165) is 12.8 Å². The van der Waals surface area contributed by atoms with Crippen LogP contribution < -0.4 is 0 Å². The third-order valence-corrected chi connectivity index (χ3v) is 2.29. The molecule has 1 aromatic carbocycles. The van der Waals surface area contributed by atoms with E-state index in [-0.39, 0.29) is 0 Å². The number of hydrogen-bond acceptors (Lipinski definition) is 0. The monoisotopic (exact) mass is 188 g/mol. The van der Waals surface area contributed by atoms with Crippen LogP contribution in [0.1, 0.15) is 37.3 Å². The van der Waals surface area contributed by atoms with E-state index in [9.17, 15) is 0 Å². The zero-order chi connectivity index (χ0) is 10.4. The predicted octanol–water partition coefficient (Wildman–Crippen LogP) is 3.04. The van der Waals surface area contributed by atoms with Crippen LogP contribution in [0, 0.1) is 0 Å². The summed E-state index contributed by atoms with van der Waals surface area (Å²) in [4.78, 5) is 2.97. The first-order valence-corrected chi connectivity index (χ1v) is 4.98. The van der Waals surface area contributed by atoms with Crippen LogP contribution in [0.5, 0.6) is 0 Å². The van der Waals surface area contributed by atoms with Crippen molar-refractivity contribution in [3.05, 3.63) is 40.9 Å². The molecule has 0 saturated heterocycles. The van der Waals surface area contributed by atoms with Gasteiger partial charge in [0.1, 0.15) is 0 Å². The second-order valence-electron chi connectivity index (χ2n) is 3.73. The molecular weight excluding hydrogens is 172 g/mol. The Kier molecular flexibility index (Phi) is 4.09. The summed E-state index contributed by atoms with van der Waals surface area (Å²) in [6.07, 6.45) is 3.25. The fourth-order valence-corrected chi connectivity index (χ4v) is 1.36. The van der Waals surface area contributed by atoms with Gasteiger partial charge in [-0.15, -0.1) is 0 Å². The standard InChI is InChI=1S/C12H16N2/c1-10(2)12-7-5-11(6-8-12)4-3-9-14-13/h5-10H,3-4H2,1-2H3. The minimum absolute atomic E-state index is 0.586. The van der Waals surface area contributed by atoms with Gasteiger partial charge >= 0.3 is 0 Å². The Morgan fingerprint density at radius 3 is 2.43 bits per heavy atom. The molecule has 0 fully saturated rings. The third kappa shape index (κ3) is 3.15. The van der Waals surface area contributed by atoms with Gasteiger partial charge in [-0.05, 0) is 23.5 Å². The maximum atomic E-state index is 8.23. The summed E-state index contributed by atoms with van der Waals surface area (Å²) in [6.45, 7) is 4.38. The van der Waals surface area contributed by atoms with Gasteiger partial charge in [0.25, 0.3) is 6.21 Å². The van der Waals surface area contributed by atoms with E-state index in [4.69, 9.17) is 5.53 Å². The molecule has 0 spiro atoms. The van der Waals surface area contributed by atoms with E-state index in [1.807, 2.05) is 0 Å². The van der Waals surface area contributed by atoms with Crippen LogP contribution in [-0.4, -0.2) is 11.0 Å². The Labute approximate surface area is 85.2 Å². The highest BCUT2D eigenvalue weighted by atomic mass is 14.8. The summed E-state index contributed by atoms with van der Waals surface area (Å²) in [5, 5.41) is 0. The van der Waals surface area contributed by atoms with E-state index in [1.165, 1.54) is 17.3 Å². The molecule has 0 N–H and O–H groups in total. The van der Waals surface area contributed by atoms with Crippen LogP contribution in [0.2, 0.25) is 0 Å². The maximum Gasteiger partial charge on any atom is 0.257 e. The first-order chi connectivity index (χ1) is 6.74. The van der Waals surface area contributed by atoms with Crippen molar-refractivity contribution < 1.29 is 4.79 Å². The second kappa shape index (κ2) is 5.36. The van der Waals surface area contributed by atoms with Gasteiger partial charge in [-0.25, -0.2) is 0 Å². The summed E-state index contributed by atoms with van der Waals surface area (Å²) < 4.78 is 0. The van der Waals surface area contributed by atoms with E-state index < -0.39 is 0 Å². The second-order valence-corrected chi connectivity index (χ2v) is 3.73. The molecule has 0 aliphatic heterocycles. The molecule has 0 aliphatic rings. The molecular formula is C12H16N2. The average molecular weight is 188 g/mol. The molecule has 0 aromatic heterocycles. The molecule has 1 rings (SSSR count). The molecule has 0 bridgehead atoms. The van der Waals surface area contributed by atoms with Crippen LogP contribution in [-0.2, 0) is 6.42 Å². The van der Waals surface area contributed by atoms with Crippen LogP contribution >= 0.6 is 0 Å². The number of hydrogen-bond donors (Lipinski definition) is 0. The summed E-state index contributed by atoms with van der Waals surface area (Å²) in [5.74, 6) is 0.586. The van der Waals surface area contributed by atoms with Crippen LogP contribution in [0.15, 0.2) is 24.3 Å². The van der Waals surface area contributed by atoms with Gasteiger partial charge in [-0.2, -0.15) is 4.79 Å². The lowest BCUT2D eigenvalue weighted by atomic mass is 10.0. The van der Waals surface area contributed by atoms with Crippen LogP contribution in [0.4, 0.5) is 0 Å². The van der Waals surface area contributed by atoms with Gasteiger partial charge in [-0.3, -0.25) is 0 Å². The Morgan fingerprint density at radius 1 is 1.29 bits per heavy atom. The Balaban J connectivity index is 2.59. The van der Waals surface area contributed by atoms with Crippen molar-refractivity contribution >= 4 is 6.21 Å². The van der Waals surface area contributed by atoms with Gasteiger partial charge in [0.05, 0.1) is 0 Å². The third-order valence-electron chi connectivity index (χ3n) is 2.29. The average Bonchev–Trinajstić information content (AvgIpc) is 2.19. The van der Waals surface area contributed by atoms with E-state index in [0.29, 0.717) is 5.92 Å². The SMILES string of the molecule is CC(C)c1ccc(CCC=[N+]=[N-])cc1. The molecule has 0 heterocycles. The molecule has 2 nitrogen and oxygen atoms in total. The lowest BCUT2D eigenvalue weighted by Gasteiger charge is -2.05. The number of nitrogens with zero attached hydrogens (tertiary/aromatic N) is 2. The highest BCUT2D eigenvalue weighted by molar-refractivity contribution is 5.50. The van der Waals surface area contributed by atoms with Crippen molar-refractivity contribution in [2.24, 2.45) is 0 Å². The lowest BCUT2D eigenvalue weighted by Crippen LogP contribution is -1.90. The van der Waals surface area contributed by atoms with Gasteiger partial charge in [0, 0.05) is 6.42 Å². The Bertz CT molecular complexity index is 319. The molecule has 1 aromatic rings. The molecule has 2 heteroatoms. The van der Waals surface area contributed by atoms with Gasteiger partial charge in [0.2, 0.25) is 0 Å². The van der Waals surface area contributed by atoms with Crippen molar-refractivity contribution in [1.29, 1.82) is 0 Å². The topological polar surface area (TPSA) is 36.4 Å². The van der Waals surface area contributed by atoms with Crippen molar-refractivity contribution in [2.45, 2.75) is 32.6 Å². The van der Waals surface area contributed by atoms with Gasteiger partial charge in [0.15, 0.2) is 0 Å². The maximum absolute atomic E-state index is 8.23. The summed E-state index contributed by atoms with van der Waals surface area (Å²) >= 11 is 0. The fourth-order valence-electron chi connectivity index (χ4n) is 1.36. The number of aryl methyl sites for hydroxylation is 1.